The second-order valence-corrected chi connectivity index (χ2v) is 3.17. The molecule has 0 spiro atoms. The average molecular weight is 163 g/mol. The Balaban J connectivity index is 2.53. The van der Waals surface area contributed by atoms with Gasteiger partial charge in [0.15, 0.2) is 6.29 Å². The molecule has 0 amide bonds. The van der Waals surface area contributed by atoms with E-state index in [-0.39, 0.29) is 6.29 Å². The predicted octanol–water partition coefficient (Wildman–Crippen LogP) is 1.10. The predicted molar refractivity (Wildman–Crippen MR) is 51.2 cm³/mol. The lowest BCUT2D eigenvalue weighted by Crippen LogP contribution is -2.40. The third kappa shape index (κ3) is 0.865. The summed E-state index contributed by atoms with van der Waals surface area (Å²) in [4.78, 5) is 2.03. The third-order valence-corrected chi connectivity index (χ3v) is 2.34. The molecule has 0 bridgehead atoms. The number of hydrogen-bond acceptors (Lipinski definition) is 3. The van der Waals surface area contributed by atoms with Crippen LogP contribution >= 0.6 is 0 Å². The van der Waals surface area contributed by atoms with Crippen molar-refractivity contribution in [1.29, 1.82) is 0 Å². The summed E-state index contributed by atoms with van der Waals surface area (Å²) in [6, 6.07) is 6.20. The Bertz CT molecular complexity index is 309. The highest BCUT2D eigenvalue weighted by Crippen LogP contribution is 2.34. The van der Waals surface area contributed by atoms with Gasteiger partial charge in [-0.2, -0.15) is 0 Å². The first kappa shape index (κ1) is 7.43. The molecule has 1 aromatic rings. The first-order chi connectivity index (χ1) is 5.70. The van der Waals surface area contributed by atoms with Crippen LogP contribution in [-0.4, -0.2) is 13.3 Å². The molecule has 0 aromatic heterocycles. The van der Waals surface area contributed by atoms with Gasteiger partial charge in [-0.1, -0.05) is 12.1 Å². The van der Waals surface area contributed by atoms with E-state index >= 15 is 0 Å². The molecule has 0 aliphatic carbocycles. The molecule has 2 rings (SSSR count). The van der Waals surface area contributed by atoms with Crippen molar-refractivity contribution < 1.29 is 0 Å². The molecule has 3 nitrogen and oxygen atoms in total. The molecule has 0 saturated heterocycles. The van der Waals surface area contributed by atoms with Gasteiger partial charge in [-0.25, -0.2) is 0 Å². The van der Waals surface area contributed by atoms with Gasteiger partial charge in [-0.3, -0.25) is 5.73 Å². The number of hydrogen-bond donors (Lipinski definition) is 2. The topological polar surface area (TPSA) is 41.3 Å². The maximum absolute atomic E-state index is 5.81. The van der Waals surface area contributed by atoms with Crippen LogP contribution < -0.4 is 16.0 Å². The number of benzene rings is 1. The maximum atomic E-state index is 5.81. The van der Waals surface area contributed by atoms with Crippen LogP contribution in [0.15, 0.2) is 18.2 Å². The molecule has 0 fully saturated rings. The minimum atomic E-state index is -0.0823. The molecular weight excluding hydrogens is 150 g/mol. The molecule has 1 unspecified atom stereocenters. The van der Waals surface area contributed by atoms with Crippen molar-refractivity contribution in [1.82, 2.24) is 0 Å². The Hall–Kier alpha value is -1.22. The van der Waals surface area contributed by atoms with Crippen molar-refractivity contribution >= 4 is 11.4 Å². The van der Waals surface area contributed by atoms with Gasteiger partial charge in [0, 0.05) is 7.05 Å². The molecule has 1 aliphatic rings. The molecule has 1 atom stereocenters. The van der Waals surface area contributed by atoms with Gasteiger partial charge in [0.2, 0.25) is 0 Å². The van der Waals surface area contributed by atoms with Crippen LogP contribution in [0.1, 0.15) is 5.56 Å². The van der Waals surface area contributed by atoms with Crippen molar-refractivity contribution in [3.05, 3.63) is 23.8 Å². The van der Waals surface area contributed by atoms with Gasteiger partial charge in [0.25, 0.3) is 0 Å². The summed E-state index contributed by atoms with van der Waals surface area (Å²) in [7, 11) is 1.99. The quantitative estimate of drug-likeness (QED) is 0.601. The van der Waals surface area contributed by atoms with E-state index in [0.29, 0.717) is 0 Å². The highest BCUT2D eigenvalue weighted by atomic mass is 15.4. The monoisotopic (exact) mass is 163 g/mol. The lowest BCUT2D eigenvalue weighted by Gasteiger charge is -2.16. The summed E-state index contributed by atoms with van der Waals surface area (Å²) in [5.74, 6) is 0. The van der Waals surface area contributed by atoms with Gasteiger partial charge in [0.1, 0.15) is 0 Å². The molecule has 3 heteroatoms. The molecule has 1 aliphatic heterocycles. The second-order valence-electron chi connectivity index (χ2n) is 3.17. The highest BCUT2D eigenvalue weighted by Gasteiger charge is 2.22. The number of para-hydroxylation sites is 1. The molecule has 12 heavy (non-hydrogen) atoms. The van der Waals surface area contributed by atoms with Gasteiger partial charge < -0.3 is 10.2 Å². The van der Waals surface area contributed by atoms with E-state index in [0.717, 1.165) is 5.69 Å². The number of fused-ring (bicyclic) bond motifs is 1. The Morgan fingerprint density at radius 2 is 2.25 bits per heavy atom. The van der Waals surface area contributed by atoms with E-state index < -0.39 is 0 Å². The number of nitrogens with zero attached hydrogens (tertiary/aromatic N) is 1. The van der Waals surface area contributed by atoms with Crippen molar-refractivity contribution in [3.8, 4) is 0 Å². The Labute approximate surface area is 72.2 Å². The molecule has 3 N–H and O–H groups in total. The Kier molecular flexibility index (Phi) is 1.48. The number of nitrogens with one attached hydrogen (secondary N) is 1. The summed E-state index contributed by atoms with van der Waals surface area (Å²) < 4.78 is 0. The van der Waals surface area contributed by atoms with Gasteiger partial charge >= 0.3 is 0 Å². The number of nitrogens with two attached hydrogens (primary N) is 1. The zero-order chi connectivity index (χ0) is 8.72. The molecule has 64 valence electrons. The first-order valence-electron chi connectivity index (χ1n) is 4.05. The van der Waals surface area contributed by atoms with Crippen LogP contribution in [0.3, 0.4) is 0 Å². The average Bonchev–Trinajstić information content (AvgIpc) is 2.32. The number of anilines is 2. The molecule has 0 saturated carbocycles. The Morgan fingerprint density at radius 1 is 1.50 bits per heavy atom. The van der Waals surface area contributed by atoms with Crippen molar-refractivity contribution in [2.75, 3.05) is 17.3 Å². The highest BCUT2D eigenvalue weighted by molar-refractivity contribution is 5.78. The van der Waals surface area contributed by atoms with Gasteiger partial charge in [0.05, 0.1) is 11.4 Å². The summed E-state index contributed by atoms with van der Waals surface area (Å²) in [5, 5.41) is 3.22. The van der Waals surface area contributed by atoms with E-state index in [1.54, 1.807) is 0 Å². The van der Waals surface area contributed by atoms with Crippen LogP contribution in [0.4, 0.5) is 11.4 Å². The SMILES string of the molecule is Cc1cccc2c1NC(N)N2C. The summed E-state index contributed by atoms with van der Waals surface area (Å²) in [5.41, 5.74) is 9.40. The van der Waals surface area contributed by atoms with Crippen LogP contribution in [-0.2, 0) is 0 Å². The Morgan fingerprint density at radius 3 is 2.92 bits per heavy atom. The fraction of sp³-hybridized carbons (Fsp3) is 0.333. The standard InChI is InChI=1S/C9H13N3/c1-6-4-3-5-7-8(6)11-9(10)12(7)2/h3-5,9,11H,10H2,1-2H3. The van der Waals surface area contributed by atoms with E-state index in [4.69, 9.17) is 5.73 Å². The van der Waals surface area contributed by atoms with E-state index in [1.165, 1.54) is 11.3 Å². The van der Waals surface area contributed by atoms with Crippen molar-refractivity contribution in [2.24, 2.45) is 5.73 Å². The summed E-state index contributed by atoms with van der Waals surface area (Å²) in [6.45, 7) is 2.08. The summed E-state index contributed by atoms with van der Waals surface area (Å²) >= 11 is 0. The zero-order valence-corrected chi connectivity index (χ0v) is 7.33. The lowest BCUT2D eigenvalue weighted by atomic mass is 10.2. The fourth-order valence-electron chi connectivity index (χ4n) is 1.53. The maximum Gasteiger partial charge on any atom is 0.152 e. The van der Waals surface area contributed by atoms with Crippen LogP contribution in [0.25, 0.3) is 0 Å². The molecule has 0 radical (unpaired) electrons. The lowest BCUT2D eigenvalue weighted by molar-refractivity contribution is 0.769. The van der Waals surface area contributed by atoms with E-state index in [1.807, 2.05) is 18.0 Å². The molecule has 1 heterocycles. The first-order valence-corrected chi connectivity index (χ1v) is 4.05. The van der Waals surface area contributed by atoms with E-state index in [2.05, 4.69) is 24.4 Å². The van der Waals surface area contributed by atoms with Gasteiger partial charge in [-0.15, -0.1) is 0 Å². The van der Waals surface area contributed by atoms with Crippen LogP contribution in [0, 0.1) is 6.92 Å². The van der Waals surface area contributed by atoms with Crippen LogP contribution in [0.2, 0.25) is 0 Å². The second kappa shape index (κ2) is 2.38. The summed E-state index contributed by atoms with van der Waals surface area (Å²) in [6.07, 6.45) is -0.0823. The van der Waals surface area contributed by atoms with Gasteiger partial charge in [-0.05, 0) is 18.6 Å². The van der Waals surface area contributed by atoms with E-state index in [9.17, 15) is 0 Å². The largest absolute Gasteiger partial charge is 0.351 e. The number of aryl methyl sites for hydroxylation is 1. The number of rotatable bonds is 0. The minimum absolute atomic E-state index is 0.0823. The zero-order valence-electron chi connectivity index (χ0n) is 7.33. The normalized spacial score (nSPS) is 20.6. The fourth-order valence-corrected chi connectivity index (χ4v) is 1.53. The molecular formula is C9H13N3. The smallest absolute Gasteiger partial charge is 0.152 e. The molecule has 1 aromatic carbocycles. The van der Waals surface area contributed by atoms with Crippen LogP contribution in [0.5, 0.6) is 0 Å². The minimum Gasteiger partial charge on any atom is -0.351 e. The van der Waals surface area contributed by atoms with Crippen molar-refractivity contribution in [2.45, 2.75) is 13.2 Å². The van der Waals surface area contributed by atoms with Crippen molar-refractivity contribution in [3.63, 3.8) is 0 Å². The third-order valence-electron chi connectivity index (χ3n) is 2.34.